The minimum absolute atomic E-state index is 0.101. The zero-order valence-electron chi connectivity index (χ0n) is 16.6. The first-order valence-electron chi connectivity index (χ1n) is 8.83. The maximum Gasteiger partial charge on any atom is 0.327 e. The lowest BCUT2D eigenvalue weighted by atomic mass is 9.96. The number of thiazole rings is 1. The van der Waals surface area contributed by atoms with Gasteiger partial charge < -0.3 is 25.9 Å². The van der Waals surface area contributed by atoms with Crippen LogP contribution in [0.1, 0.15) is 40.3 Å². The van der Waals surface area contributed by atoms with E-state index in [0.29, 0.717) is 0 Å². The van der Waals surface area contributed by atoms with E-state index in [1.165, 1.54) is 16.7 Å². The van der Waals surface area contributed by atoms with Gasteiger partial charge in [0.2, 0.25) is 5.91 Å². The van der Waals surface area contributed by atoms with E-state index in [-0.39, 0.29) is 16.5 Å². The number of carbonyl (C=O) groups is 3. The smallest absolute Gasteiger partial charge is 0.327 e. The fraction of sp³-hybridized carbons (Fsp3) is 0.588. The number of nitrogens with zero attached hydrogens (tertiary/aromatic N) is 3. The van der Waals surface area contributed by atoms with Gasteiger partial charge in [0.1, 0.15) is 28.8 Å². The summed E-state index contributed by atoms with van der Waals surface area (Å²) in [4.78, 5) is 47.8. The number of aromatic nitrogens is 1. The van der Waals surface area contributed by atoms with E-state index in [9.17, 15) is 19.5 Å². The standard InChI is InChI=1S/C17H23N5O5S2/c1-16(2,3)27-21-8(7-6-28-15(18)19-7)11(23)20-9-12(24)22-10(14(25)26)17(4,5)29-13(9)22/h6,9-10,13H,1-5H3,(H2,18,19)(H,20,23)(H,25,26)/b21-8-/t9-,10-,13+/m0/s1. The number of carbonyl (C=O) groups excluding carboxylic acids is 2. The molecule has 3 atom stereocenters. The lowest BCUT2D eigenvalue weighted by molar-refractivity contribution is -0.160. The summed E-state index contributed by atoms with van der Waals surface area (Å²) < 4.78 is -0.679. The van der Waals surface area contributed by atoms with Gasteiger partial charge in [-0.25, -0.2) is 9.78 Å². The topological polar surface area (TPSA) is 147 Å². The number of nitrogens with two attached hydrogens (primary N) is 1. The largest absolute Gasteiger partial charge is 0.480 e. The van der Waals surface area contributed by atoms with Gasteiger partial charge in [0.25, 0.3) is 5.91 Å². The van der Waals surface area contributed by atoms with Crippen LogP contribution in [0, 0.1) is 0 Å². The summed E-state index contributed by atoms with van der Waals surface area (Å²) in [6.45, 7) is 8.86. The summed E-state index contributed by atoms with van der Waals surface area (Å²) in [6.07, 6.45) is 0. The summed E-state index contributed by atoms with van der Waals surface area (Å²) in [5.74, 6) is -2.15. The van der Waals surface area contributed by atoms with E-state index < -0.39 is 45.6 Å². The van der Waals surface area contributed by atoms with Crippen molar-refractivity contribution in [1.82, 2.24) is 15.2 Å². The number of rotatable bonds is 5. The fourth-order valence-corrected chi connectivity index (χ4v) is 5.31. The molecule has 0 spiro atoms. The molecule has 3 rings (SSSR count). The van der Waals surface area contributed by atoms with Gasteiger partial charge in [-0.15, -0.1) is 23.1 Å². The Morgan fingerprint density at radius 3 is 2.59 bits per heavy atom. The van der Waals surface area contributed by atoms with Crippen LogP contribution in [0.3, 0.4) is 0 Å². The normalized spacial score (nSPS) is 26.0. The second-order valence-electron chi connectivity index (χ2n) is 8.26. The molecule has 2 amide bonds. The zero-order valence-corrected chi connectivity index (χ0v) is 18.3. The lowest BCUT2D eigenvalue weighted by Crippen LogP contribution is -2.71. The number of nitrogens with one attached hydrogen (secondary N) is 1. The Bertz CT molecular complexity index is 891. The molecule has 0 radical (unpaired) electrons. The van der Waals surface area contributed by atoms with Crippen molar-refractivity contribution in [2.24, 2.45) is 5.16 Å². The number of β-lactam (4-membered cyclic amide) rings is 1. The van der Waals surface area contributed by atoms with Crippen LogP contribution in [0.25, 0.3) is 0 Å². The monoisotopic (exact) mass is 441 g/mol. The molecule has 29 heavy (non-hydrogen) atoms. The van der Waals surface area contributed by atoms with Crippen LogP contribution < -0.4 is 11.1 Å². The number of carboxylic acid groups (broad SMARTS) is 1. The Balaban J connectivity index is 1.81. The van der Waals surface area contributed by atoms with Crippen LogP contribution >= 0.6 is 23.1 Å². The van der Waals surface area contributed by atoms with Gasteiger partial charge in [0, 0.05) is 10.1 Å². The summed E-state index contributed by atoms with van der Waals surface area (Å²) in [5.41, 5.74) is 5.16. The first-order chi connectivity index (χ1) is 13.3. The van der Waals surface area contributed by atoms with Gasteiger partial charge in [-0.3, -0.25) is 9.59 Å². The second-order valence-corrected chi connectivity index (χ2v) is 10.9. The van der Waals surface area contributed by atoms with Gasteiger partial charge in [-0.05, 0) is 34.6 Å². The first kappa shape index (κ1) is 21.4. The van der Waals surface area contributed by atoms with Crippen molar-refractivity contribution >= 4 is 51.7 Å². The molecule has 2 aliphatic rings. The number of thioether (sulfide) groups is 1. The number of aliphatic carboxylic acids is 1. The van der Waals surface area contributed by atoms with E-state index in [1.807, 2.05) is 0 Å². The van der Waals surface area contributed by atoms with Gasteiger partial charge in [-0.2, -0.15) is 0 Å². The molecule has 1 aromatic heterocycles. The minimum Gasteiger partial charge on any atom is -0.480 e. The fourth-order valence-electron chi connectivity index (χ4n) is 3.14. The summed E-state index contributed by atoms with van der Waals surface area (Å²) in [7, 11) is 0. The molecule has 158 valence electrons. The van der Waals surface area contributed by atoms with Crippen LogP contribution in [-0.4, -0.2) is 66.3 Å². The average Bonchev–Trinajstić information content (AvgIpc) is 3.10. The third-order valence-electron chi connectivity index (χ3n) is 4.35. The molecule has 4 N–H and O–H groups in total. The molecule has 0 saturated carbocycles. The van der Waals surface area contributed by atoms with Gasteiger partial charge in [-0.1, -0.05) is 5.16 Å². The summed E-state index contributed by atoms with van der Waals surface area (Å²) >= 11 is 2.49. The number of nitrogen functional groups attached to an aromatic ring is 1. The Labute approximate surface area is 175 Å². The number of hydrogen-bond acceptors (Lipinski definition) is 9. The van der Waals surface area contributed by atoms with Crippen molar-refractivity contribution in [1.29, 1.82) is 0 Å². The highest BCUT2D eigenvalue weighted by Gasteiger charge is 2.64. The highest BCUT2D eigenvalue weighted by molar-refractivity contribution is 8.01. The van der Waals surface area contributed by atoms with Crippen molar-refractivity contribution in [3.05, 3.63) is 11.1 Å². The number of anilines is 1. The van der Waals surface area contributed by atoms with Crippen molar-refractivity contribution in [3.63, 3.8) is 0 Å². The number of hydrogen-bond donors (Lipinski definition) is 3. The molecule has 2 fully saturated rings. The highest BCUT2D eigenvalue weighted by Crippen LogP contribution is 2.50. The molecule has 12 heteroatoms. The van der Waals surface area contributed by atoms with Crippen LogP contribution in [0.2, 0.25) is 0 Å². The molecule has 0 aliphatic carbocycles. The molecule has 2 saturated heterocycles. The molecular formula is C17H23N5O5S2. The van der Waals surface area contributed by atoms with Crippen molar-refractivity contribution in [3.8, 4) is 0 Å². The molecule has 0 bridgehead atoms. The van der Waals surface area contributed by atoms with E-state index in [1.54, 1.807) is 40.0 Å². The summed E-state index contributed by atoms with van der Waals surface area (Å²) in [5, 5.41) is 17.5. The van der Waals surface area contributed by atoms with Gasteiger partial charge in [0.05, 0.1) is 0 Å². The number of oxime groups is 1. The van der Waals surface area contributed by atoms with E-state index in [2.05, 4.69) is 15.5 Å². The molecule has 2 aliphatic heterocycles. The molecule has 1 aromatic rings. The Hall–Kier alpha value is -2.34. The quantitative estimate of drug-likeness (QED) is 0.346. The van der Waals surface area contributed by atoms with Gasteiger partial charge >= 0.3 is 5.97 Å². The third kappa shape index (κ3) is 4.04. The third-order valence-corrected chi connectivity index (χ3v) is 6.60. The van der Waals surface area contributed by atoms with Crippen molar-refractivity contribution < 1.29 is 24.3 Å². The van der Waals surface area contributed by atoms with Gasteiger partial charge in [0.15, 0.2) is 10.8 Å². The van der Waals surface area contributed by atoms with E-state index in [4.69, 9.17) is 10.6 Å². The SMILES string of the molecule is CC(C)(C)O/N=C(\C(=O)N[C@H]1C(=O)N2[C@@H]1SC(C)(C)[C@@H]2C(=O)O)c1csc(N)n1. The number of carboxylic acids is 1. The lowest BCUT2D eigenvalue weighted by Gasteiger charge is -2.43. The number of amides is 2. The predicted molar refractivity (Wildman–Crippen MR) is 110 cm³/mol. The Kier molecular flexibility index (Phi) is 5.28. The maximum absolute atomic E-state index is 12.9. The molecule has 10 nitrogen and oxygen atoms in total. The molecule has 3 heterocycles. The zero-order chi connectivity index (χ0) is 21.7. The van der Waals surface area contributed by atoms with Crippen LogP contribution in [0.4, 0.5) is 5.13 Å². The van der Waals surface area contributed by atoms with E-state index >= 15 is 0 Å². The summed E-state index contributed by atoms with van der Waals surface area (Å²) in [6, 6.07) is -1.80. The molecule has 0 unspecified atom stereocenters. The highest BCUT2D eigenvalue weighted by atomic mass is 32.2. The van der Waals surface area contributed by atoms with Crippen LogP contribution in [-0.2, 0) is 19.2 Å². The minimum atomic E-state index is -1.07. The first-order valence-corrected chi connectivity index (χ1v) is 10.6. The molecule has 0 aromatic carbocycles. The average molecular weight is 442 g/mol. The Morgan fingerprint density at radius 2 is 2.07 bits per heavy atom. The maximum atomic E-state index is 12.9. The number of fused-ring (bicyclic) bond motifs is 1. The second kappa shape index (κ2) is 7.17. The van der Waals surface area contributed by atoms with Crippen molar-refractivity contribution in [2.75, 3.05) is 5.73 Å². The molecular weight excluding hydrogens is 418 g/mol. The van der Waals surface area contributed by atoms with Crippen LogP contribution in [0.5, 0.6) is 0 Å². The predicted octanol–water partition coefficient (Wildman–Crippen LogP) is 0.876. The van der Waals surface area contributed by atoms with Crippen molar-refractivity contribution in [2.45, 2.75) is 62.4 Å². The van der Waals surface area contributed by atoms with E-state index in [0.717, 1.165) is 11.3 Å². The Morgan fingerprint density at radius 1 is 1.41 bits per heavy atom. The van der Waals surface area contributed by atoms with Crippen LogP contribution in [0.15, 0.2) is 10.5 Å².